The Morgan fingerprint density at radius 3 is 2.15 bits per heavy atom. The number of amides is 1. The molecule has 20 heavy (non-hydrogen) atoms. The molecule has 1 unspecified atom stereocenters. The molecule has 1 saturated heterocycles. The van der Waals surface area contributed by atoms with Crippen molar-refractivity contribution in [2.24, 2.45) is 5.92 Å². The van der Waals surface area contributed by atoms with Gasteiger partial charge in [-0.15, -0.1) is 12.4 Å². The standard InChI is InChI=1S/C12H20N2O5.ClH/c1-3-18-11(16)9(12(17)19-4-2)14-10(15)8-5-6-13-7-8;/h8-9,13H,3-7H2,1-2H3,(H,14,15);1H. The van der Waals surface area contributed by atoms with Crippen molar-refractivity contribution in [3.8, 4) is 0 Å². The van der Waals surface area contributed by atoms with Crippen LogP contribution in [0.5, 0.6) is 0 Å². The molecular weight excluding hydrogens is 288 g/mol. The van der Waals surface area contributed by atoms with Crippen molar-refractivity contribution < 1.29 is 23.9 Å². The number of carbonyl (C=O) groups is 3. The molecule has 0 aromatic heterocycles. The molecule has 0 radical (unpaired) electrons. The Bertz CT molecular complexity index is 327. The predicted octanol–water partition coefficient (Wildman–Crippen LogP) is -0.371. The lowest BCUT2D eigenvalue weighted by Gasteiger charge is -2.17. The molecule has 1 amide bonds. The summed E-state index contributed by atoms with van der Waals surface area (Å²) in [5.74, 6) is -2.15. The molecule has 0 saturated carbocycles. The Balaban J connectivity index is 0.00000361. The van der Waals surface area contributed by atoms with E-state index in [-0.39, 0.29) is 37.4 Å². The van der Waals surface area contributed by atoms with Crippen LogP contribution in [0.15, 0.2) is 0 Å². The molecule has 116 valence electrons. The fraction of sp³-hybridized carbons (Fsp3) is 0.750. The van der Waals surface area contributed by atoms with Crippen LogP contribution in [0.2, 0.25) is 0 Å². The Kier molecular flexibility index (Phi) is 8.91. The van der Waals surface area contributed by atoms with Gasteiger partial charge < -0.3 is 20.1 Å². The Morgan fingerprint density at radius 1 is 1.20 bits per heavy atom. The van der Waals surface area contributed by atoms with Gasteiger partial charge in [-0.1, -0.05) is 0 Å². The third-order valence-electron chi connectivity index (χ3n) is 2.76. The van der Waals surface area contributed by atoms with E-state index in [0.717, 1.165) is 6.54 Å². The lowest BCUT2D eigenvalue weighted by atomic mass is 10.1. The number of halogens is 1. The zero-order chi connectivity index (χ0) is 14.3. The average Bonchev–Trinajstić information content (AvgIpc) is 2.90. The summed E-state index contributed by atoms with van der Waals surface area (Å²) in [5, 5.41) is 5.44. The number of hydrogen-bond donors (Lipinski definition) is 2. The molecule has 7 nitrogen and oxygen atoms in total. The van der Waals surface area contributed by atoms with E-state index in [1.807, 2.05) is 0 Å². The summed E-state index contributed by atoms with van der Waals surface area (Å²) in [6.07, 6.45) is 0.685. The van der Waals surface area contributed by atoms with Crippen molar-refractivity contribution in [3.63, 3.8) is 0 Å². The van der Waals surface area contributed by atoms with Gasteiger partial charge in [0.1, 0.15) is 0 Å². The van der Waals surface area contributed by atoms with E-state index in [0.29, 0.717) is 13.0 Å². The van der Waals surface area contributed by atoms with Crippen LogP contribution < -0.4 is 10.6 Å². The van der Waals surface area contributed by atoms with Gasteiger partial charge >= 0.3 is 11.9 Å². The number of carbonyl (C=O) groups excluding carboxylic acids is 3. The summed E-state index contributed by atoms with van der Waals surface area (Å²) < 4.78 is 9.53. The van der Waals surface area contributed by atoms with E-state index >= 15 is 0 Å². The number of esters is 2. The summed E-state index contributed by atoms with van der Waals surface area (Å²) in [4.78, 5) is 35.2. The normalized spacial score (nSPS) is 17.2. The maximum atomic E-state index is 11.9. The van der Waals surface area contributed by atoms with Crippen molar-refractivity contribution in [1.29, 1.82) is 0 Å². The summed E-state index contributed by atoms with van der Waals surface area (Å²) in [5.41, 5.74) is 0. The monoisotopic (exact) mass is 308 g/mol. The van der Waals surface area contributed by atoms with Crippen LogP contribution in [0.1, 0.15) is 20.3 Å². The molecule has 0 spiro atoms. The predicted molar refractivity (Wildman–Crippen MR) is 73.4 cm³/mol. The van der Waals surface area contributed by atoms with Gasteiger partial charge in [-0.25, -0.2) is 9.59 Å². The van der Waals surface area contributed by atoms with Crippen molar-refractivity contribution >= 4 is 30.3 Å². The van der Waals surface area contributed by atoms with Crippen molar-refractivity contribution in [1.82, 2.24) is 10.6 Å². The molecule has 1 aliphatic heterocycles. The third kappa shape index (κ3) is 5.34. The van der Waals surface area contributed by atoms with Crippen LogP contribution in [-0.2, 0) is 23.9 Å². The second-order valence-corrected chi connectivity index (χ2v) is 4.14. The molecule has 1 aliphatic rings. The summed E-state index contributed by atoms with van der Waals surface area (Å²) >= 11 is 0. The molecule has 2 N–H and O–H groups in total. The minimum absolute atomic E-state index is 0. The molecule has 1 atom stereocenters. The summed E-state index contributed by atoms with van der Waals surface area (Å²) in [7, 11) is 0. The molecule has 0 aliphatic carbocycles. The largest absolute Gasteiger partial charge is 0.464 e. The first-order valence-corrected chi connectivity index (χ1v) is 6.44. The average molecular weight is 309 g/mol. The molecular formula is C12H21ClN2O5. The van der Waals surface area contributed by atoms with Gasteiger partial charge in [0, 0.05) is 6.54 Å². The van der Waals surface area contributed by atoms with Crippen LogP contribution in [0.4, 0.5) is 0 Å². The molecule has 8 heteroatoms. The Morgan fingerprint density at radius 2 is 1.75 bits per heavy atom. The maximum absolute atomic E-state index is 11.9. The second-order valence-electron chi connectivity index (χ2n) is 4.14. The minimum atomic E-state index is -1.38. The molecule has 1 rings (SSSR count). The molecule has 1 heterocycles. The van der Waals surface area contributed by atoms with Gasteiger partial charge in [0.2, 0.25) is 11.9 Å². The van der Waals surface area contributed by atoms with Gasteiger partial charge in [-0.3, -0.25) is 4.79 Å². The second kappa shape index (κ2) is 9.55. The van der Waals surface area contributed by atoms with Gasteiger partial charge in [-0.05, 0) is 26.8 Å². The lowest BCUT2D eigenvalue weighted by Crippen LogP contribution is -2.50. The van der Waals surface area contributed by atoms with Crippen LogP contribution >= 0.6 is 12.4 Å². The fourth-order valence-corrected chi connectivity index (χ4v) is 1.80. The van der Waals surface area contributed by atoms with E-state index in [1.54, 1.807) is 13.8 Å². The SMILES string of the molecule is CCOC(=O)C(NC(=O)C1CCNC1)C(=O)OCC.Cl. The first kappa shape index (κ1) is 18.7. The third-order valence-corrected chi connectivity index (χ3v) is 2.76. The highest BCUT2D eigenvalue weighted by Gasteiger charge is 2.34. The maximum Gasteiger partial charge on any atom is 0.340 e. The first-order chi connectivity index (χ1) is 9.10. The van der Waals surface area contributed by atoms with Crippen LogP contribution in [0.3, 0.4) is 0 Å². The van der Waals surface area contributed by atoms with Crippen LogP contribution in [0, 0.1) is 5.92 Å². The first-order valence-electron chi connectivity index (χ1n) is 6.44. The fourth-order valence-electron chi connectivity index (χ4n) is 1.80. The topological polar surface area (TPSA) is 93.7 Å². The van der Waals surface area contributed by atoms with E-state index in [1.165, 1.54) is 0 Å². The number of rotatable bonds is 6. The van der Waals surface area contributed by atoms with Crippen molar-refractivity contribution in [3.05, 3.63) is 0 Å². The highest BCUT2D eigenvalue weighted by Crippen LogP contribution is 2.08. The zero-order valence-corrected chi connectivity index (χ0v) is 12.5. The quantitative estimate of drug-likeness (QED) is 0.513. The summed E-state index contributed by atoms with van der Waals surface area (Å²) in [6.45, 7) is 4.82. The molecule has 1 fully saturated rings. The smallest absolute Gasteiger partial charge is 0.340 e. The lowest BCUT2D eigenvalue weighted by molar-refractivity contribution is -0.159. The van der Waals surface area contributed by atoms with Crippen molar-refractivity contribution in [2.75, 3.05) is 26.3 Å². The van der Waals surface area contributed by atoms with Crippen LogP contribution in [0.25, 0.3) is 0 Å². The van der Waals surface area contributed by atoms with Crippen molar-refractivity contribution in [2.45, 2.75) is 26.3 Å². The Labute approximate surface area is 124 Å². The minimum Gasteiger partial charge on any atom is -0.464 e. The van der Waals surface area contributed by atoms with Gasteiger partial charge in [0.25, 0.3) is 0 Å². The number of nitrogens with one attached hydrogen (secondary N) is 2. The van der Waals surface area contributed by atoms with E-state index in [4.69, 9.17) is 9.47 Å². The van der Waals surface area contributed by atoms with Gasteiger partial charge in [-0.2, -0.15) is 0 Å². The Hall–Kier alpha value is -1.34. The van der Waals surface area contributed by atoms with E-state index in [9.17, 15) is 14.4 Å². The molecule has 0 bridgehead atoms. The molecule has 0 aromatic carbocycles. The van der Waals surface area contributed by atoms with E-state index in [2.05, 4.69) is 10.6 Å². The van der Waals surface area contributed by atoms with Crippen LogP contribution in [-0.4, -0.2) is 50.2 Å². The zero-order valence-electron chi connectivity index (χ0n) is 11.6. The van der Waals surface area contributed by atoms with Gasteiger partial charge in [0.15, 0.2) is 0 Å². The summed E-state index contributed by atoms with van der Waals surface area (Å²) in [6, 6.07) is -1.38. The molecule has 0 aromatic rings. The van der Waals surface area contributed by atoms with E-state index < -0.39 is 18.0 Å². The number of hydrogen-bond acceptors (Lipinski definition) is 6. The highest BCUT2D eigenvalue weighted by atomic mass is 35.5. The van der Waals surface area contributed by atoms with Gasteiger partial charge in [0.05, 0.1) is 19.1 Å². The number of ether oxygens (including phenoxy) is 2. The highest BCUT2D eigenvalue weighted by molar-refractivity contribution is 6.02.